The SMILES string of the molecule is [2H]c1c([2H])c([2H])c2c(c1[2H])CC([2H])(C)N(C)C(=O)[C@@]2([2H])NC(=O)[C@H](C)CC(=O)[C@@H](O)C([2H])(C)C([2H])([2H])[2H]. The van der Waals surface area contributed by atoms with Gasteiger partial charge in [0.05, 0.1) is 8.22 Å². The number of ketones is 1. The predicted octanol–water partition coefficient (Wildman–Crippen LogP) is 1.86. The van der Waals surface area contributed by atoms with E-state index in [9.17, 15) is 19.5 Å². The highest BCUT2D eigenvalue weighted by Gasteiger charge is 2.34. The Hall–Kier alpha value is -2.21. The minimum absolute atomic E-state index is 0.196. The molecule has 0 spiro atoms. The van der Waals surface area contributed by atoms with E-state index in [1.54, 1.807) is 0 Å². The van der Waals surface area contributed by atoms with E-state index < -0.39 is 90.6 Å². The molecule has 2 unspecified atom stereocenters. The summed E-state index contributed by atoms with van der Waals surface area (Å²) >= 11 is 0. The van der Waals surface area contributed by atoms with Crippen LogP contribution in [0.4, 0.5) is 0 Å². The molecule has 0 radical (unpaired) electrons. The molecule has 2 N–H and O–H groups in total. The van der Waals surface area contributed by atoms with Crippen molar-refractivity contribution in [3.63, 3.8) is 0 Å². The normalized spacial score (nSPS) is 35.4. The zero-order valence-electron chi connectivity index (χ0n) is 25.7. The summed E-state index contributed by atoms with van der Waals surface area (Å²) in [4.78, 5) is 39.8. The summed E-state index contributed by atoms with van der Waals surface area (Å²) in [7, 11) is 1.19. The summed E-state index contributed by atoms with van der Waals surface area (Å²) in [6.07, 6.45) is -3.37. The van der Waals surface area contributed by atoms with Crippen molar-refractivity contribution in [2.24, 2.45) is 11.8 Å². The quantitative estimate of drug-likeness (QED) is 0.784. The summed E-state index contributed by atoms with van der Waals surface area (Å²) in [5, 5.41) is 12.3. The molecule has 0 aliphatic carbocycles. The van der Waals surface area contributed by atoms with Gasteiger partial charge in [-0.05, 0) is 30.4 Å². The van der Waals surface area contributed by atoms with Crippen LogP contribution in [-0.2, 0) is 20.8 Å². The zero-order valence-corrected chi connectivity index (χ0v) is 15.7. The number of nitrogens with one attached hydrogen (secondary N) is 1. The van der Waals surface area contributed by atoms with E-state index in [-0.39, 0.29) is 12.0 Å². The van der Waals surface area contributed by atoms with Gasteiger partial charge in [0.25, 0.3) is 0 Å². The summed E-state index contributed by atoms with van der Waals surface area (Å²) in [6.45, 7) is 0.371. The maximum atomic E-state index is 13.4. The number of benzene rings is 1. The smallest absolute Gasteiger partial charge is 0.249 e. The van der Waals surface area contributed by atoms with E-state index in [1.807, 2.05) is 0 Å². The largest absolute Gasteiger partial charge is 0.385 e. The number of aliphatic hydroxyl groups excluding tert-OH is 1. The van der Waals surface area contributed by atoms with Crippen LogP contribution in [-0.4, -0.2) is 46.8 Å². The monoisotopic (exact) mass is 384 g/mol. The van der Waals surface area contributed by atoms with Crippen molar-refractivity contribution in [3.05, 3.63) is 35.3 Å². The fourth-order valence-electron chi connectivity index (χ4n) is 2.62. The van der Waals surface area contributed by atoms with Gasteiger partial charge in [-0.3, -0.25) is 14.4 Å². The lowest BCUT2D eigenvalue weighted by Crippen LogP contribution is -2.44. The molecule has 1 aliphatic heterocycles. The van der Waals surface area contributed by atoms with E-state index in [2.05, 4.69) is 5.32 Å². The molecule has 1 heterocycles. The highest BCUT2D eigenvalue weighted by molar-refractivity contribution is 5.93. The first-order valence-corrected chi connectivity index (χ1v) is 8.43. The van der Waals surface area contributed by atoms with E-state index in [0.717, 1.165) is 11.8 Å². The molecule has 1 aromatic rings. The lowest BCUT2D eigenvalue weighted by molar-refractivity contribution is -0.138. The van der Waals surface area contributed by atoms with Gasteiger partial charge in [-0.15, -0.1) is 0 Å². The van der Waals surface area contributed by atoms with Gasteiger partial charge >= 0.3 is 0 Å². The second-order valence-electron chi connectivity index (χ2n) is 6.65. The minimum atomic E-state index is -3.01. The van der Waals surface area contributed by atoms with Gasteiger partial charge in [0.1, 0.15) is 12.1 Å². The number of carbonyl (C=O) groups is 3. The average Bonchev–Trinajstić information content (AvgIpc) is 2.83. The van der Waals surface area contributed by atoms with Crippen molar-refractivity contribution < 1.29 is 33.2 Å². The van der Waals surface area contributed by atoms with Crippen LogP contribution < -0.4 is 5.32 Å². The Morgan fingerprint density at radius 2 is 2.15 bits per heavy atom. The van der Waals surface area contributed by atoms with Crippen LogP contribution >= 0.6 is 0 Å². The number of hydrogen-bond acceptors (Lipinski definition) is 4. The Morgan fingerprint density at radius 1 is 1.48 bits per heavy atom. The molecule has 0 saturated carbocycles. The second-order valence-corrected chi connectivity index (χ2v) is 6.65. The second kappa shape index (κ2) is 8.65. The third kappa shape index (κ3) is 4.75. The number of amides is 2. The topological polar surface area (TPSA) is 86.7 Å². The number of fused-ring (bicyclic) bond motifs is 1. The molecule has 6 nitrogen and oxygen atoms in total. The van der Waals surface area contributed by atoms with Crippen molar-refractivity contribution in [1.82, 2.24) is 10.2 Å². The molecule has 1 aliphatic rings. The van der Waals surface area contributed by atoms with Crippen molar-refractivity contribution in [3.8, 4) is 0 Å². The van der Waals surface area contributed by atoms with Crippen molar-refractivity contribution in [2.75, 3.05) is 7.05 Å². The number of hydrogen-bond donors (Lipinski definition) is 2. The van der Waals surface area contributed by atoms with Gasteiger partial charge in [-0.25, -0.2) is 0 Å². The molecule has 148 valence electrons. The molecule has 2 amide bonds. The standard InChI is InChI=1S/C21H30N2O4/c1-12(2)19(25)17(24)10-13(3)20(26)22-18-16-9-7-6-8-15(16)11-14(4)23(5)21(18)27/h6-9,12-14,18-19,25H,10-11H2,1-5H3,(H,22,26)/t13-,14?,18+,19+/m1/s1/i1D3,6D,7D,8D,9D,12D,14D,18D/t12?,13-,14?,18+,19+. The number of rotatable bonds is 6. The summed E-state index contributed by atoms with van der Waals surface area (Å²) in [6, 6.07) is -7.22. The van der Waals surface area contributed by atoms with Gasteiger partial charge in [0, 0.05) is 30.9 Å². The van der Waals surface area contributed by atoms with Gasteiger partial charge < -0.3 is 15.3 Å². The molecule has 0 aromatic heterocycles. The Morgan fingerprint density at radius 3 is 2.81 bits per heavy atom. The minimum Gasteiger partial charge on any atom is -0.385 e. The highest BCUT2D eigenvalue weighted by atomic mass is 16.3. The molecule has 1 aromatic carbocycles. The molecule has 0 fully saturated rings. The summed E-state index contributed by atoms with van der Waals surface area (Å²) in [5.41, 5.74) is -0.724. The number of likely N-dealkylation sites (N-methyl/N-ethyl adjacent to an activating group) is 1. The number of carbonyl (C=O) groups excluding carboxylic acids is 3. The molecule has 0 bridgehead atoms. The van der Waals surface area contributed by atoms with Crippen LogP contribution in [0.2, 0.25) is 0 Å². The fourth-order valence-corrected chi connectivity index (χ4v) is 2.62. The third-order valence-corrected chi connectivity index (χ3v) is 4.46. The average molecular weight is 385 g/mol. The van der Waals surface area contributed by atoms with E-state index in [1.165, 1.54) is 20.9 Å². The van der Waals surface area contributed by atoms with Crippen molar-refractivity contribution >= 4 is 17.6 Å². The van der Waals surface area contributed by atoms with Crippen LogP contribution in [0.3, 0.4) is 0 Å². The van der Waals surface area contributed by atoms with Crippen LogP contribution in [0.15, 0.2) is 24.2 Å². The van der Waals surface area contributed by atoms with Crippen LogP contribution in [0.1, 0.15) is 64.9 Å². The highest BCUT2D eigenvalue weighted by Crippen LogP contribution is 2.27. The third-order valence-electron chi connectivity index (χ3n) is 4.46. The van der Waals surface area contributed by atoms with E-state index in [0.29, 0.717) is 0 Å². The Kier molecular flexibility index (Phi) is 3.51. The molecule has 0 saturated heterocycles. The number of Topliss-reactive ketones (excluding diaryl/α,β-unsaturated/α-hetero) is 1. The first-order valence-electron chi connectivity index (χ1n) is 13.4. The van der Waals surface area contributed by atoms with Crippen LogP contribution in [0, 0.1) is 11.8 Å². The van der Waals surface area contributed by atoms with E-state index >= 15 is 0 Å². The van der Waals surface area contributed by atoms with Crippen molar-refractivity contribution in [2.45, 2.75) is 58.6 Å². The summed E-state index contributed by atoms with van der Waals surface area (Å²) < 4.78 is 80.0. The number of nitrogens with zero attached hydrogens (tertiary/aromatic N) is 1. The fraction of sp³-hybridized carbons (Fsp3) is 0.571. The van der Waals surface area contributed by atoms with Crippen LogP contribution in [0.25, 0.3) is 0 Å². The summed E-state index contributed by atoms with van der Waals surface area (Å²) in [5.74, 6) is -7.25. The predicted molar refractivity (Wildman–Crippen MR) is 103 cm³/mol. The first kappa shape index (κ1) is 11.0. The molecular weight excluding hydrogens is 344 g/mol. The maximum absolute atomic E-state index is 13.4. The molecule has 27 heavy (non-hydrogen) atoms. The lowest BCUT2D eigenvalue weighted by atomic mass is 9.94. The first-order chi connectivity index (χ1) is 16.5. The van der Waals surface area contributed by atoms with E-state index in [4.69, 9.17) is 13.7 Å². The van der Waals surface area contributed by atoms with Crippen molar-refractivity contribution in [1.29, 1.82) is 0 Å². The van der Waals surface area contributed by atoms with Gasteiger partial charge in [-0.2, -0.15) is 0 Å². The molecule has 5 atom stereocenters. The zero-order chi connectivity index (χ0) is 29.0. The van der Waals surface area contributed by atoms with Gasteiger partial charge in [0.15, 0.2) is 5.78 Å². The van der Waals surface area contributed by atoms with Gasteiger partial charge in [-0.1, -0.05) is 44.9 Å². The number of aliphatic hydroxyl groups is 1. The molecular formula is C21H30N2O4. The molecule has 6 heteroatoms. The Bertz CT molecular complexity index is 1140. The lowest BCUT2D eigenvalue weighted by Gasteiger charge is -2.26. The van der Waals surface area contributed by atoms with Gasteiger partial charge in [0.2, 0.25) is 11.8 Å². The molecule has 2 rings (SSSR count). The Labute approximate surface area is 175 Å². The maximum Gasteiger partial charge on any atom is 0.249 e. The Balaban J connectivity index is 2.51. The van der Waals surface area contributed by atoms with Crippen LogP contribution in [0.5, 0.6) is 0 Å².